The van der Waals surface area contributed by atoms with E-state index in [-0.39, 0.29) is 19.0 Å². The van der Waals surface area contributed by atoms with Crippen molar-refractivity contribution in [3.05, 3.63) is 0 Å². The number of hydrogen-bond acceptors (Lipinski definition) is 4. The minimum Gasteiger partial charge on any atom is -0.396 e. The lowest BCUT2D eigenvalue weighted by Gasteiger charge is -2.23. The highest BCUT2D eigenvalue weighted by molar-refractivity contribution is 7.99. The van der Waals surface area contributed by atoms with Crippen molar-refractivity contribution < 1.29 is 14.6 Å². The lowest BCUT2D eigenvalue weighted by Crippen LogP contribution is -2.20. The molecule has 3 nitrogen and oxygen atoms in total. The molecule has 0 spiro atoms. The molecule has 0 bridgehead atoms. The van der Waals surface area contributed by atoms with Crippen LogP contribution in [0, 0.1) is 0 Å². The molecule has 88 valence electrons. The van der Waals surface area contributed by atoms with Crippen molar-refractivity contribution >= 4 is 11.8 Å². The third kappa shape index (κ3) is 3.63. The van der Waals surface area contributed by atoms with Crippen LogP contribution < -0.4 is 0 Å². The quantitative estimate of drug-likeness (QED) is 0.802. The van der Waals surface area contributed by atoms with Gasteiger partial charge in [0.25, 0.3) is 0 Å². The highest BCUT2D eigenvalue weighted by atomic mass is 32.2. The van der Waals surface area contributed by atoms with Crippen molar-refractivity contribution in [2.75, 3.05) is 19.0 Å². The van der Waals surface area contributed by atoms with Crippen LogP contribution in [0.15, 0.2) is 0 Å². The summed E-state index contributed by atoms with van der Waals surface area (Å²) in [7, 11) is 0. The summed E-state index contributed by atoms with van der Waals surface area (Å²) < 4.78 is 11.3. The monoisotopic (exact) mass is 232 g/mol. The fourth-order valence-corrected chi connectivity index (χ4v) is 3.47. The van der Waals surface area contributed by atoms with Crippen LogP contribution in [-0.2, 0) is 9.47 Å². The van der Waals surface area contributed by atoms with Crippen LogP contribution in [0.4, 0.5) is 0 Å². The van der Waals surface area contributed by atoms with Gasteiger partial charge < -0.3 is 14.6 Å². The summed E-state index contributed by atoms with van der Waals surface area (Å²) in [5.74, 6) is 1.29. The predicted molar refractivity (Wildman–Crippen MR) is 61.0 cm³/mol. The Hall–Kier alpha value is 0.230. The van der Waals surface area contributed by atoms with Crippen LogP contribution in [0.25, 0.3) is 0 Å². The highest BCUT2D eigenvalue weighted by Gasteiger charge is 2.28. The SMILES string of the molecule is OCCC1COC(CC2CCCCS2)O1. The molecule has 15 heavy (non-hydrogen) atoms. The van der Waals surface area contributed by atoms with Gasteiger partial charge in [0.05, 0.1) is 12.7 Å². The largest absolute Gasteiger partial charge is 0.396 e. The zero-order valence-corrected chi connectivity index (χ0v) is 9.88. The Bertz CT molecular complexity index is 183. The van der Waals surface area contributed by atoms with E-state index < -0.39 is 0 Å². The highest BCUT2D eigenvalue weighted by Crippen LogP contribution is 2.31. The minimum absolute atomic E-state index is 0.0165. The van der Waals surface area contributed by atoms with Crippen molar-refractivity contribution in [2.45, 2.75) is 49.7 Å². The van der Waals surface area contributed by atoms with Crippen LogP contribution in [0.5, 0.6) is 0 Å². The van der Waals surface area contributed by atoms with Crippen LogP contribution in [-0.4, -0.2) is 41.7 Å². The molecule has 0 aromatic heterocycles. The third-order valence-corrected chi connectivity index (χ3v) is 4.42. The Morgan fingerprint density at radius 3 is 3.00 bits per heavy atom. The summed E-state index contributed by atoms with van der Waals surface area (Å²) in [6.07, 6.45) is 5.84. The molecule has 0 aliphatic carbocycles. The van der Waals surface area contributed by atoms with E-state index >= 15 is 0 Å². The maximum Gasteiger partial charge on any atom is 0.159 e. The van der Waals surface area contributed by atoms with Gasteiger partial charge in [0.2, 0.25) is 0 Å². The summed E-state index contributed by atoms with van der Waals surface area (Å²) in [4.78, 5) is 0. The van der Waals surface area contributed by atoms with E-state index in [0.29, 0.717) is 13.0 Å². The van der Waals surface area contributed by atoms with Gasteiger partial charge in [0.15, 0.2) is 6.29 Å². The maximum absolute atomic E-state index is 8.79. The molecule has 3 unspecified atom stereocenters. The summed E-state index contributed by atoms with van der Waals surface area (Å²) in [6.45, 7) is 0.849. The normalized spacial score (nSPS) is 37.0. The van der Waals surface area contributed by atoms with E-state index in [1.54, 1.807) is 0 Å². The minimum atomic E-state index is -0.0165. The first-order valence-corrected chi connectivity index (χ1v) is 6.93. The molecule has 2 rings (SSSR count). The molecule has 0 aromatic carbocycles. The topological polar surface area (TPSA) is 38.7 Å². The second-order valence-electron chi connectivity index (χ2n) is 4.26. The van der Waals surface area contributed by atoms with Gasteiger partial charge in [-0.15, -0.1) is 0 Å². The second-order valence-corrected chi connectivity index (χ2v) is 5.67. The number of thioether (sulfide) groups is 1. The third-order valence-electron chi connectivity index (χ3n) is 2.99. The van der Waals surface area contributed by atoms with Gasteiger partial charge in [-0.3, -0.25) is 0 Å². The zero-order valence-electron chi connectivity index (χ0n) is 9.06. The fraction of sp³-hybridized carbons (Fsp3) is 1.00. The van der Waals surface area contributed by atoms with E-state index in [2.05, 4.69) is 11.8 Å². The lowest BCUT2D eigenvalue weighted by atomic mass is 10.1. The molecule has 0 aromatic rings. The molecule has 2 fully saturated rings. The Morgan fingerprint density at radius 1 is 1.33 bits per heavy atom. The van der Waals surface area contributed by atoms with E-state index in [1.807, 2.05) is 0 Å². The van der Waals surface area contributed by atoms with Crippen molar-refractivity contribution in [3.8, 4) is 0 Å². The van der Waals surface area contributed by atoms with Gasteiger partial charge in [-0.25, -0.2) is 0 Å². The van der Waals surface area contributed by atoms with Gasteiger partial charge in [0.1, 0.15) is 0 Å². The lowest BCUT2D eigenvalue weighted by molar-refractivity contribution is -0.0646. The molecule has 1 N–H and O–H groups in total. The molecular weight excluding hydrogens is 212 g/mol. The number of aliphatic hydroxyl groups excluding tert-OH is 1. The van der Waals surface area contributed by atoms with Crippen molar-refractivity contribution in [3.63, 3.8) is 0 Å². The number of aliphatic hydroxyl groups is 1. The predicted octanol–water partition coefficient (Wildman–Crippen LogP) is 1.79. The number of rotatable bonds is 4. The first kappa shape index (κ1) is 11.7. The number of hydrogen-bond donors (Lipinski definition) is 1. The molecule has 2 heterocycles. The Labute approximate surface area is 95.5 Å². The van der Waals surface area contributed by atoms with E-state index in [4.69, 9.17) is 14.6 Å². The van der Waals surface area contributed by atoms with Crippen molar-refractivity contribution in [1.29, 1.82) is 0 Å². The first-order valence-electron chi connectivity index (χ1n) is 5.88. The van der Waals surface area contributed by atoms with Crippen LogP contribution >= 0.6 is 11.8 Å². The summed E-state index contributed by atoms with van der Waals surface area (Å²) in [6, 6.07) is 0. The standard InChI is InChI=1S/C11H20O3S/c12-5-4-9-8-13-11(14-9)7-10-3-1-2-6-15-10/h9-12H,1-8H2. The Morgan fingerprint density at radius 2 is 2.27 bits per heavy atom. The molecule has 2 aliphatic heterocycles. The van der Waals surface area contributed by atoms with Crippen molar-refractivity contribution in [1.82, 2.24) is 0 Å². The van der Waals surface area contributed by atoms with Gasteiger partial charge in [-0.05, 0) is 25.0 Å². The van der Waals surface area contributed by atoms with Crippen LogP contribution in [0.2, 0.25) is 0 Å². The molecule has 0 radical (unpaired) electrons. The van der Waals surface area contributed by atoms with Gasteiger partial charge in [-0.1, -0.05) is 6.42 Å². The fourth-order valence-electron chi connectivity index (χ4n) is 2.13. The molecular formula is C11H20O3S. The Kier molecular flexibility index (Phi) is 4.75. The van der Waals surface area contributed by atoms with Gasteiger partial charge >= 0.3 is 0 Å². The first-order chi connectivity index (χ1) is 7.38. The number of ether oxygens (including phenoxy) is 2. The maximum atomic E-state index is 8.79. The summed E-state index contributed by atoms with van der Waals surface area (Å²) in [5.41, 5.74) is 0. The molecule has 0 saturated carbocycles. The molecule has 0 amide bonds. The summed E-state index contributed by atoms with van der Waals surface area (Å²) in [5, 5.41) is 9.51. The molecule has 3 atom stereocenters. The molecule has 2 saturated heterocycles. The zero-order chi connectivity index (χ0) is 10.5. The average molecular weight is 232 g/mol. The van der Waals surface area contributed by atoms with Crippen molar-refractivity contribution in [2.24, 2.45) is 0 Å². The summed E-state index contributed by atoms with van der Waals surface area (Å²) >= 11 is 2.06. The average Bonchev–Trinajstić information content (AvgIpc) is 2.68. The van der Waals surface area contributed by atoms with E-state index in [9.17, 15) is 0 Å². The van der Waals surface area contributed by atoms with Gasteiger partial charge in [0, 0.05) is 18.3 Å². The molecule has 2 aliphatic rings. The smallest absolute Gasteiger partial charge is 0.159 e. The Balaban J connectivity index is 1.67. The second kappa shape index (κ2) is 6.09. The molecule has 4 heteroatoms. The van der Waals surface area contributed by atoms with Crippen LogP contribution in [0.3, 0.4) is 0 Å². The van der Waals surface area contributed by atoms with Crippen LogP contribution in [0.1, 0.15) is 32.1 Å². The van der Waals surface area contributed by atoms with Gasteiger partial charge in [-0.2, -0.15) is 11.8 Å². The van der Waals surface area contributed by atoms with E-state index in [1.165, 1.54) is 25.0 Å². The van der Waals surface area contributed by atoms with E-state index in [0.717, 1.165) is 11.7 Å².